The molecule has 0 spiro atoms. The van der Waals surface area contributed by atoms with E-state index in [1.165, 1.54) is 11.3 Å². The quantitative estimate of drug-likeness (QED) is 0.386. The molecule has 0 unspecified atom stereocenters. The zero-order valence-electron chi connectivity index (χ0n) is 17.3. The van der Waals surface area contributed by atoms with Gasteiger partial charge in [-0.2, -0.15) is 11.3 Å². The molecule has 1 atom stereocenters. The zero-order chi connectivity index (χ0) is 21.3. The fourth-order valence-corrected chi connectivity index (χ4v) is 5.40. The third-order valence-corrected chi connectivity index (χ3v) is 7.24. The van der Waals surface area contributed by atoms with Crippen LogP contribution in [0, 0.1) is 20.8 Å². The summed E-state index contributed by atoms with van der Waals surface area (Å²) in [6.07, 6.45) is 2.32. The van der Waals surface area contributed by atoms with Crippen LogP contribution in [-0.2, 0) is 16.0 Å². The zero-order valence-corrected chi connectivity index (χ0v) is 18.9. The van der Waals surface area contributed by atoms with Crippen LogP contribution in [0.2, 0.25) is 0 Å². The maximum atomic E-state index is 12.7. The molecule has 158 valence electrons. The minimum Gasteiger partial charge on any atom is -0.453 e. The number of thiophene rings is 1. The lowest BCUT2D eigenvalue weighted by molar-refractivity contribution is 0.0478. The van der Waals surface area contributed by atoms with Gasteiger partial charge in [-0.3, -0.25) is 4.79 Å². The van der Waals surface area contributed by atoms with Gasteiger partial charge in [0.15, 0.2) is 6.61 Å². The van der Waals surface area contributed by atoms with E-state index in [9.17, 15) is 9.59 Å². The van der Waals surface area contributed by atoms with Crippen molar-refractivity contribution in [1.29, 1.82) is 0 Å². The Morgan fingerprint density at radius 1 is 1.33 bits per heavy atom. The Bertz CT molecular complexity index is 1060. The summed E-state index contributed by atoms with van der Waals surface area (Å²) in [5.41, 5.74) is 4.10. The molecular weight excluding hydrogens is 420 g/mol. The summed E-state index contributed by atoms with van der Waals surface area (Å²) in [5.74, 6) is -0.705. The molecule has 0 amide bonds. The monoisotopic (exact) mass is 444 g/mol. The molecule has 4 rings (SSSR count). The number of carbonyl (C=O) groups is 2. The van der Waals surface area contributed by atoms with Gasteiger partial charge in [0, 0.05) is 41.0 Å². The molecule has 4 heterocycles. The largest absolute Gasteiger partial charge is 0.453 e. The Kier molecular flexibility index (Phi) is 6.17. The second-order valence-corrected chi connectivity index (χ2v) is 9.25. The van der Waals surface area contributed by atoms with Crippen molar-refractivity contribution in [3.63, 3.8) is 0 Å². The second-order valence-electron chi connectivity index (χ2n) is 7.48. The smallest absolute Gasteiger partial charge is 0.350 e. The predicted octanol–water partition coefficient (Wildman–Crippen LogP) is 4.82. The highest BCUT2D eigenvalue weighted by Crippen LogP contribution is 2.30. The Labute approximate surface area is 183 Å². The predicted molar refractivity (Wildman–Crippen MR) is 118 cm³/mol. The molecule has 1 aliphatic rings. The fraction of sp³-hybridized carbons (Fsp3) is 0.409. The van der Waals surface area contributed by atoms with Crippen molar-refractivity contribution < 1.29 is 19.1 Å². The Morgan fingerprint density at radius 2 is 2.17 bits per heavy atom. The number of Topliss-reactive ketones (excluding diaryl/α,β-unsaturated/α-hetero) is 1. The van der Waals surface area contributed by atoms with E-state index >= 15 is 0 Å². The Hall–Kier alpha value is -2.29. The number of carbonyl (C=O) groups excluding carboxylic acids is 2. The topological polar surface area (TPSA) is 70.4 Å². The number of aromatic nitrogens is 2. The van der Waals surface area contributed by atoms with Gasteiger partial charge in [0.1, 0.15) is 9.88 Å². The van der Waals surface area contributed by atoms with E-state index in [-0.39, 0.29) is 18.5 Å². The number of rotatable bonds is 7. The summed E-state index contributed by atoms with van der Waals surface area (Å²) in [6.45, 7) is 6.96. The first kappa shape index (κ1) is 21.0. The molecule has 0 aromatic carbocycles. The molecule has 1 saturated heterocycles. The third kappa shape index (κ3) is 4.26. The van der Waals surface area contributed by atoms with Crippen LogP contribution >= 0.6 is 22.7 Å². The van der Waals surface area contributed by atoms with E-state index in [2.05, 4.69) is 9.55 Å². The standard InChI is InChI=1S/C22H24N2O4S2/c1-13-9-18(15(3)24(13)10-17-5-4-7-27-17)19(25)11-28-22(26)20-14(2)23-21(30-20)16-6-8-29-12-16/h6,8-9,12,17H,4-5,7,10-11H2,1-3H3/t17-/m0/s1. The van der Waals surface area contributed by atoms with E-state index in [0.29, 0.717) is 16.1 Å². The summed E-state index contributed by atoms with van der Waals surface area (Å²) in [6, 6.07) is 3.83. The van der Waals surface area contributed by atoms with E-state index in [1.807, 2.05) is 36.7 Å². The van der Waals surface area contributed by atoms with Crippen LogP contribution in [0.25, 0.3) is 10.6 Å². The maximum Gasteiger partial charge on any atom is 0.350 e. The van der Waals surface area contributed by atoms with Crippen molar-refractivity contribution in [2.75, 3.05) is 13.2 Å². The van der Waals surface area contributed by atoms with Crippen molar-refractivity contribution in [3.8, 4) is 10.6 Å². The molecule has 1 fully saturated rings. The first-order valence-corrected chi connectivity index (χ1v) is 11.7. The van der Waals surface area contributed by atoms with Crippen LogP contribution < -0.4 is 0 Å². The minimum atomic E-state index is -0.506. The molecule has 0 bridgehead atoms. The molecule has 30 heavy (non-hydrogen) atoms. The number of aryl methyl sites for hydroxylation is 2. The second kappa shape index (κ2) is 8.83. The highest BCUT2D eigenvalue weighted by Gasteiger charge is 2.23. The lowest BCUT2D eigenvalue weighted by atomic mass is 10.1. The number of thiazole rings is 1. The molecule has 0 N–H and O–H groups in total. The van der Waals surface area contributed by atoms with Gasteiger partial charge in [0.2, 0.25) is 5.78 Å². The van der Waals surface area contributed by atoms with Gasteiger partial charge in [0.05, 0.1) is 11.8 Å². The summed E-state index contributed by atoms with van der Waals surface area (Å²) < 4.78 is 13.2. The highest BCUT2D eigenvalue weighted by molar-refractivity contribution is 7.17. The van der Waals surface area contributed by atoms with Crippen LogP contribution in [0.15, 0.2) is 22.9 Å². The summed E-state index contributed by atoms with van der Waals surface area (Å²) in [7, 11) is 0. The first-order chi connectivity index (χ1) is 14.4. The van der Waals surface area contributed by atoms with Crippen molar-refractivity contribution in [3.05, 3.63) is 50.4 Å². The number of hydrogen-bond donors (Lipinski definition) is 0. The van der Waals surface area contributed by atoms with Crippen LogP contribution in [0.4, 0.5) is 0 Å². The summed E-state index contributed by atoms with van der Waals surface area (Å²) in [5, 5.41) is 4.74. The van der Waals surface area contributed by atoms with Gasteiger partial charge in [-0.1, -0.05) is 0 Å². The van der Waals surface area contributed by atoms with E-state index in [0.717, 1.165) is 48.0 Å². The molecule has 0 radical (unpaired) electrons. The number of nitrogens with zero attached hydrogens (tertiary/aromatic N) is 2. The maximum absolute atomic E-state index is 12.7. The SMILES string of the molecule is Cc1nc(-c2ccsc2)sc1C(=O)OCC(=O)c1cc(C)n(C[C@@H]2CCCO2)c1C. The van der Waals surface area contributed by atoms with Crippen molar-refractivity contribution >= 4 is 34.4 Å². The molecule has 6 nitrogen and oxygen atoms in total. The van der Waals surface area contributed by atoms with Crippen molar-refractivity contribution in [2.45, 2.75) is 46.3 Å². The van der Waals surface area contributed by atoms with Crippen LogP contribution in [0.5, 0.6) is 0 Å². The molecule has 0 saturated carbocycles. The van der Waals surface area contributed by atoms with Gasteiger partial charge in [-0.05, 0) is 51.1 Å². The van der Waals surface area contributed by atoms with Gasteiger partial charge >= 0.3 is 5.97 Å². The fourth-order valence-electron chi connectivity index (χ4n) is 3.73. The van der Waals surface area contributed by atoms with Gasteiger partial charge in [0.25, 0.3) is 0 Å². The normalized spacial score (nSPS) is 16.2. The van der Waals surface area contributed by atoms with E-state index in [4.69, 9.17) is 9.47 Å². The first-order valence-electron chi connectivity index (χ1n) is 9.92. The molecule has 1 aliphatic heterocycles. The van der Waals surface area contributed by atoms with E-state index in [1.54, 1.807) is 18.3 Å². The molecule has 3 aromatic heterocycles. The van der Waals surface area contributed by atoms with Crippen molar-refractivity contribution in [1.82, 2.24) is 9.55 Å². The minimum absolute atomic E-state index is 0.197. The van der Waals surface area contributed by atoms with Crippen molar-refractivity contribution in [2.24, 2.45) is 0 Å². The van der Waals surface area contributed by atoms with E-state index < -0.39 is 5.97 Å². The van der Waals surface area contributed by atoms with Crippen LogP contribution in [0.1, 0.15) is 50.0 Å². The average molecular weight is 445 g/mol. The van der Waals surface area contributed by atoms with Crippen LogP contribution in [-0.4, -0.2) is 40.6 Å². The van der Waals surface area contributed by atoms with Gasteiger partial charge in [-0.25, -0.2) is 9.78 Å². The Balaban J connectivity index is 1.42. The molecule has 8 heteroatoms. The van der Waals surface area contributed by atoms with Gasteiger partial charge < -0.3 is 14.0 Å². The van der Waals surface area contributed by atoms with Crippen LogP contribution in [0.3, 0.4) is 0 Å². The number of hydrogen-bond acceptors (Lipinski definition) is 7. The molecular formula is C22H24N2O4S2. The number of ketones is 1. The lowest BCUT2D eigenvalue weighted by Gasteiger charge is -2.14. The Morgan fingerprint density at radius 3 is 2.87 bits per heavy atom. The number of esters is 1. The highest BCUT2D eigenvalue weighted by atomic mass is 32.1. The molecule has 0 aliphatic carbocycles. The number of ether oxygens (including phenoxy) is 2. The van der Waals surface area contributed by atoms with Gasteiger partial charge in [-0.15, -0.1) is 11.3 Å². The summed E-state index contributed by atoms with van der Waals surface area (Å²) in [4.78, 5) is 30.2. The average Bonchev–Trinajstić information content (AvgIpc) is 3.51. The third-order valence-electron chi connectivity index (χ3n) is 5.37. The molecule has 3 aromatic rings. The summed E-state index contributed by atoms with van der Waals surface area (Å²) >= 11 is 2.87. The lowest BCUT2D eigenvalue weighted by Crippen LogP contribution is -2.18.